The third-order valence-corrected chi connectivity index (χ3v) is 17.6. The van der Waals surface area contributed by atoms with Gasteiger partial charge >= 0.3 is 0 Å². The summed E-state index contributed by atoms with van der Waals surface area (Å²) in [6, 6.07) is 74.3. The smallest absolute Gasteiger partial charge is 0.153 e. The number of nitrogens with zero attached hydrogens (tertiary/aromatic N) is 2. The molecule has 0 radical (unpaired) electrons. The van der Waals surface area contributed by atoms with Crippen LogP contribution in [-0.4, -0.2) is 17.2 Å². The van der Waals surface area contributed by atoms with Crippen LogP contribution in [0.5, 0.6) is 0 Å². The normalized spacial score (nSPS) is 12.3. The first kappa shape index (κ1) is 33.2. The Kier molecular flexibility index (Phi) is 7.76. The van der Waals surface area contributed by atoms with Crippen molar-refractivity contribution in [2.45, 2.75) is 25.8 Å². The summed E-state index contributed by atoms with van der Waals surface area (Å²) in [6.07, 6.45) is 0. The molecule has 55 heavy (non-hydrogen) atoms. The molecule has 0 saturated heterocycles. The molecule has 264 valence electrons. The molecule has 2 aromatic heterocycles. The average molecular weight is 723 g/mol. The van der Waals surface area contributed by atoms with E-state index in [1.807, 2.05) is 0 Å². The first-order valence-electron chi connectivity index (χ1n) is 19.3. The Bertz CT molecular complexity index is 2950. The number of fused-ring (bicyclic) bond motifs is 6. The van der Waals surface area contributed by atoms with Gasteiger partial charge in [-0.05, 0) is 74.2 Å². The van der Waals surface area contributed by atoms with Crippen molar-refractivity contribution in [2.24, 2.45) is 0 Å². The maximum Gasteiger partial charge on any atom is 0.153 e. The second-order valence-corrected chi connectivity index (χ2v) is 20.5. The highest BCUT2D eigenvalue weighted by Crippen LogP contribution is 2.40. The average Bonchev–Trinajstić information content (AvgIpc) is 3.74. The number of para-hydroxylation sites is 2. The van der Waals surface area contributed by atoms with E-state index in [0.717, 1.165) is 11.4 Å². The lowest BCUT2D eigenvalue weighted by molar-refractivity contribution is 0.739. The van der Waals surface area contributed by atoms with Crippen LogP contribution in [0.4, 0.5) is 0 Å². The van der Waals surface area contributed by atoms with Crippen LogP contribution in [0.15, 0.2) is 200 Å². The van der Waals surface area contributed by atoms with E-state index < -0.39 is 8.07 Å². The van der Waals surface area contributed by atoms with E-state index in [1.54, 1.807) is 0 Å². The lowest BCUT2D eigenvalue weighted by atomic mass is 10.1. The van der Waals surface area contributed by atoms with E-state index >= 15 is 0 Å². The molecule has 8 aromatic carbocycles. The zero-order valence-electron chi connectivity index (χ0n) is 31.4. The topological polar surface area (TPSA) is 9.86 Å². The third kappa shape index (κ3) is 5.15. The van der Waals surface area contributed by atoms with Gasteiger partial charge in [0, 0.05) is 32.9 Å². The molecule has 3 heteroatoms. The number of hydrogen-bond donors (Lipinski definition) is 0. The predicted molar refractivity (Wildman–Crippen MR) is 238 cm³/mol. The van der Waals surface area contributed by atoms with Gasteiger partial charge in [0.25, 0.3) is 0 Å². The fourth-order valence-corrected chi connectivity index (χ4v) is 15.1. The zero-order chi connectivity index (χ0) is 37.1. The SMILES string of the molecule is CC(C)(C)[Si](c1ccccc1)(c1ccccc1)c1ccc2c3ccccc3n(-c3ccc4c5ccccc5n(-c5ccc(-c6ccccc6)cc5)c4c3)c2c1. The minimum atomic E-state index is -2.58. The summed E-state index contributed by atoms with van der Waals surface area (Å²) in [4.78, 5) is 0. The minimum absolute atomic E-state index is 0.0177. The highest BCUT2D eigenvalue weighted by Gasteiger charge is 2.49. The number of hydrogen-bond acceptors (Lipinski definition) is 0. The van der Waals surface area contributed by atoms with Crippen molar-refractivity contribution in [2.75, 3.05) is 0 Å². The first-order valence-corrected chi connectivity index (χ1v) is 21.3. The van der Waals surface area contributed by atoms with Crippen LogP contribution >= 0.6 is 0 Å². The number of benzene rings is 8. The molecule has 0 saturated carbocycles. The standard InChI is InChI=1S/C52H42N2Si/c1-52(2,3)55(41-19-9-5-10-20-41,42-21-11-6-12-22-42)43-32-34-47-45-24-14-16-26-49(45)54(51(47)36-43)40-31-33-46-44-23-13-15-25-48(44)53(50(46)35-40)39-29-27-38(28-30-39)37-17-7-4-8-18-37/h4-36H,1-3H3. The van der Waals surface area contributed by atoms with Gasteiger partial charge in [0.1, 0.15) is 0 Å². The Balaban J connectivity index is 1.24. The number of aromatic nitrogens is 2. The van der Waals surface area contributed by atoms with Crippen LogP contribution in [0.25, 0.3) is 66.1 Å². The summed E-state index contributed by atoms with van der Waals surface area (Å²) in [7, 11) is -2.58. The molecule has 0 N–H and O–H groups in total. The van der Waals surface area contributed by atoms with E-state index in [4.69, 9.17) is 0 Å². The van der Waals surface area contributed by atoms with Gasteiger partial charge in [0.15, 0.2) is 8.07 Å². The van der Waals surface area contributed by atoms with E-state index in [0.29, 0.717) is 0 Å². The maximum absolute atomic E-state index is 2.58. The predicted octanol–water partition coefficient (Wildman–Crippen LogP) is 11.8. The monoisotopic (exact) mass is 722 g/mol. The quantitative estimate of drug-likeness (QED) is 0.119. The molecule has 0 aliphatic carbocycles. The van der Waals surface area contributed by atoms with E-state index in [9.17, 15) is 0 Å². The Morgan fingerprint density at radius 3 is 1.31 bits per heavy atom. The maximum atomic E-state index is 2.54. The summed E-state index contributed by atoms with van der Waals surface area (Å²) in [5, 5.41) is 9.31. The molecule has 0 unspecified atom stereocenters. The van der Waals surface area contributed by atoms with Gasteiger partial charge in [0.2, 0.25) is 0 Å². The van der Waals surface area contributed by atoms with Crippen molar-refractivity contribution in [3.8, 4) is 22.5 Å². The largest absolute Gasteiger partial charge is 0.309 e. The molecule has 0 aliphatic heterocycles. The molecule has 10 aromatic rings. The molecule has 0 spiro atoms. The van der Waals surface area contributed by atoms with E-state index in [1.165, 1.54) is 70.3 Å². The molecule has 0 aliphatic rings. The molecule has 0 fully saturated rings. The summed E-state index contributed by atoms with van der Waals surface area (Å²) >= 11 is 0. The Labute approximate surface area is 323 Å². The van der Waals surface area contributed by atoms with Gasteiger partial charge in [0.05, 0.1) is 22.1 Å². The van der Waals surface area contributed by atoms with Gasteiger partial charge in [-0.15, -0.1) is 0 Å². The van der Waals surface area contributed by atoms with Crippen LogP contribution in [0.2, 0.25) is 5.04 Å². The third-order valence-electron chi connectivity index (χ3n) is 11.8. The van der Waals surface area contributed by atoms with Crippen molar-refractivity contribution in [1.29, 1.82) is 0 Å². The zero-order valence-corrected chi connectivity index (χ0v) is 32.4. The van der Waals surface area contributed by atoms with E-state index in [-0.39, 0.29) is 5.04 Å². The Morgan fingerprint density at radius 2 is 0.745 bits per heavy atom. The van der Waals surface area contributed by atoms with Gasteiger partial charge in [-0.3, -0.25) is 0 Å². The van der Waals surface area contributed by atoms with Gasteiger partial charge in [-0.2, -0.15) is 0 Å². The van der Waals surface area contributed by atoms with Crippen LogP contribution in [0.3, 0.4) is 0 Å². The van der Waals surface area contributed by atoms with E-state index in [2.05, 4.69) is 230 Å². The van der Waals surface area contributed by atoms with Crippen LogP contribution in [-0.2, 0) is 0 Å². The Morgan fingerprint density at radius 1 is 0.327 bits per heavy atom. The molecule has 2 nitrogen and oxygen atoms in total. The van der Waals surface area contributed by atoms with Crippen LogP contribution < -0.4 is 15.6 Å². The first-order chi connectivity index (χ1) is 26.9. The van der Waals surface area contributed by atoms with Crippen molar-refractivity contribution < 1.29 is 0 Å². The fraction of sp³-hybridized carbons (Fsp3) is 0.0769. The highest BCUT2D eigenvalue weighted by atomic mass is 28.3. The van der Waals surface area contributed by atoms with Crippen LogP contribution in [0.1, 0.15) is 20.8 Å². The van der Waals surface area contributed by atoms with Crippen molar-refractivity contribution in [3.05, 3.63) is 200 Å². The minimum Gasteiger partial charge on any atom is -0.309 e. The second kappa shape index (κ2) is 12.9. The molecular formula is C52H42N2Si. The summed E-state index contributed by atoms with van der Waals surface area (Å²) in [5.41, 5.74) is 9.60. The lowest BCUT2D eigenvalue weighted by Crippen LogP contribution is -2.72. The number of rotatable bonds is 6. The van der Waals surface area contributed by atoms with Crippen LogP contribution in [0, 0.1) is 0 Å². The summed E-state index contributed by atoms with van der Waals surface area (Å²) < 4.78 is 4.94. The van der Waals surface area contributed by atoms with Gasteiger partial charge in [-0.25, -0.2) is 0 Å². The fourth-order valence-electron chi connectivity index (χ4n) is 9.47. The van der Waals surface area contributed by atoms with Gasteiger partial charge in [-0.1, -0.05) is 178 Å². The molecule has 0 atom stereocenters. The summed E-state index contributed by atoms with van der Waals surface area (Å²) in [5.74, 6) is 0. The second-order valence-electron chi connectivity index (χ2n) is 15.8. The molecule has 2 heterocycles. The summed E-state index contributed by atoms with van der Waals surface area (Å²) in [6.45, 7) is 7.33. The Hall–Kier alpha value is -6.42. The van der Waals surface area contributed by atoms with Crippen molar-refractivity contribution >= 4 is 67.2 Å². The highest BCUT2D eigenvalue weighted by molar-refractivity contribution is 7.13. The molecule has 10 rings (SSSR count). The molecular weight excluding hydrogens is 681 g/mol. The molecule has 0 bridgehead atoms. The van der Waals surface area contributed by atoms with Gasteiger partial charge < -0.3 is 9.13 Å². The lowest BCUT2D eigenvalue weighted by Gasteiger charge is -2.44. The van der Waals surface area contributed by atoms with Crippen molar-refractivity contribution in [3.63, 3.8) is 0 Å². The van der Waals surface area contributed by atoms with Crippen molar-refractivity contribution in [1.82, 2.24) is 9.13 Å². The molecule has 0 amide bonds.